The molecule has 0 aliphatic heterocycles. The molecule has 1 aromatic heterocycles. The zero-order valence-electron chi connectivity index (χ0n) is 12.9. The molecule has 1 aromatic carbocycles. The number of nitrogens with zero attached hydrogens (tertiary/aromatic N) is 2. The number of aromatic nitrogens is 2. The fourth-order valence-corrected chi connectivity index (χ4v) is 2.07. The molecule has 0 spiro atoms. The fourth-order valence-electron chi connectivity index (χ4n) is 1.94. The summed E-state index contributed by atoms with van der Waals surface area (Å²) in [5.41, 5.74) is 1.12. The van der Waals surface area contributed by atoms with Gasteiger partial charge in [0.2, 0.25) is 5.91 Å². The van der Waals surface area contributed by atoms with Crippen molar-refractivity contribution in [2.45, 2.75) is 38.8 Å². The normalized spacial score (nSPS) is 13.0. The first-order valence-electron chi connectivity index (χ1n) is 7.04. The van der Waals surface area contributed by atoms with Gasteiger partial charge in [0.15, 0.2) is 0 Å². The number of anilines is 1. The van der Waals surface area contributed by atoms with Gasteiger partial charge < -0.3 is 10.4 Å². The minimum Gasteiger partial charge on any atom is -0.388 e. The molecular formula is C16H20ClN3O2. The van der Waals surface area contributed by atoms with Gasteiger partial charge in [0.05, 0.1) is 29.9 Å². The third kappa shape index (κ3) is 4.32. The Morgan fingerprint density at radius 1 is 1.36 bits per heavy atom. The SMILES string of the molecule is CC(C)(C)n1cc(NC(=O)CC(O)c2ccc(Cl)cc2)cn1. The molecule has 1 unspecified atom stereocenters. The van der Waals surface area contributed by atoms with Gasteiger partial charge in [0.1, 0.15) is 0 Å². The number of carbonyl (C=O) groups excluding carboxylic acids is 1. The van der Waals surface area contributed by atoms with Gasteiger partial charge in [-0.25, -0.2) is 0 Å². The number of aliphatic hydroxyl groups is 1. The number of hydrogen-bond donors (Lipinski definition) is 2. The molecule has 2 N–H and O–H groups in total. The average Bonchev–Trinajstić information content (AvgIpc) is 2.87. The van der Waals surface area contributed by atoms with Crippen molar-refractivity contribution in [1.29, 1.82) is 0 Å². The summed E-state index contributed by atoms with van der Waals surface area (Å²) < 4.78 is 1.78. The molecule has 22 heavy (non-hydrogen) atoms. The first kappa shape index (κ1) is 16.5. The van der Waals surface area contributed by atoms with Crippen LogP contribution in [0.25, 0.3) is 0 Å². The maximum atomic E-state index is 12.0. The number of hydrogen-bond acceptors (Lipinski definition) is 3. The summed E-state index contributed by atoms with van der Waals surface area (Å²) >= 11 is 5.80. The standard InChI is InChI=1S/C16H20ClN3O2/c1-16(2,3)20-10-13(9-18-20)19-15(22)8-14(21)11-4-6-12(17)7-5-11/h4-7,9-10,14,21H,8H2,1-3H3,(H,19,22). The van der Waals surface area contributed by atoms with Crippen LogP contribution in [-0.2, 0) is 10.3 Å². The lowest BCUT2D eigenvalue weighted by atomic mass is 10.1. The minimum atomic E-state index is -0.866. The van der Waals surface area contributed by atoms with Gasteiger partial charge in [-0.1, -0.05) is 23.7 Å². The molecule has 0 aliphatic rings. The molecule has 1 heterocycles. The average molecular weight is 322 g/mol. The van der Waals surface area contributed by atoms with E-state index in [1.165, 1.54) is 0 Å². The van der Waals surface area contributed by atoms with Crippen LogP contribution in [-0.4, -0.2) is 20.8 Å². The molecule has 0 saturated carbocycles. The Morgan fingerprint density at radius 2 is 2.00 bits per heavy atom. The number of carbonyl (C=O) groups is 1. The molecule has 2 rings (SSSR count). The lowest BCUT2D eigenvalue weighted by Gasteiger charge is -2.18. The highest BCUT2D eigenvalue weighted by Crippen LogP contribution is 2.20. The summed E-state index contributed by atoms with van der Waals surface area (Å²) in [6, 6.07) is 6.78. The smallest absolute Gasteiger partial charge is 0.227 e. The molecular weight excluding hydrogens is 302 g/mol. The molecule has 2 aromatic rings. The van der Waals surface area contributed by atoms with Crippen LogP contribution in [0.1, 0.15) is 38.9 Å². The van der Waals surface area contributed by atoms with E-state index in [4.69, 9.17) is 11.6 Å². The monoisotopic (exact) mass is 321 g/mol. The lowest BCUT2D eigenvalue weighted by molar-refractivity contribution is -0.118. The third-order valence-corrected chi connectivity index (χ3v) is 3.44. The highest BCUT2D eigenvalue weighted by Gasteiger charge is 2.16. The summed E-state index contributed by atoms with van der Waals surface area (Å²) in [6.07, 6.45) is 2.47. The largest absolute Gasteiger partial charge is 0.388 e. The molecule has 1 atom stereocenters. The van der Waals surface area contributed by atoms with Crippen molar-refractivity contribution in [3.63, 3.8) is 0 Å². The summed E-state index contributed by atoms with van der Waals surface area (Å²) in [5.74, 6) is -0.268. The Kier molecular flexibility index (Phi) is 4.88. The van der Waals surface area contributed by atoms with Gasteiger partial charge in [-0.15, -0.1) is 0 Å². The van der Waals surface area contributed by atoms with E-state index < -0.39 is 6.10 Å². The second-order valence-corrected chi connectivity index (χ2v) is 6.60. The Bertz CT molecular complexity index is 644. The Hall–Kier alpha value is -1.85. The number of rotatable bonds is 4. The fraction of sp³-hybridized carbons (Fsp3) is 0.375. The predicted octanol–water partition coefficient (Wildman–Crippen LogP) is 3.35. The minimum absolute atomic E-state index is 0.0255. The van der Waals surface area contributed by atoms with Gasteiger partial charge in [-0.3, -0.25) is 9.48 Å². The lowest BCUT2D eigenvalue weighted by Crippen LogP contribution is -2.22. The number of aliphatic hydroxyl groups excluding tert-OH is 1. The van der Waals surface area contributed by atoms with E-state index in [1.54, 1.807) is 41.3 Å². The number of benzene rings is 1. The number of nitrogens with one attached hydrogen (secondary N) is 1. The number of halogens is 1. The van der Waals surface area contributed by atoms with Crippen LogP contribution >= 0.6 is 11.6 Å². The van der Waals surface area contributed by atoms with E-state index >= 15 is 0 Å². The van der Waals surface area contributed by atoms with E-state index in [2.05, 4.69) is 10.4 Å². The first-order valence-corrected chi connectivity index (χ1v) is 7.42. The third-order valence-electron chi connectivity index (χ3n) is 3.19. The second kappa shape index (κ2) is 6.50. The maximum Gasteiger partial charge on any atom is 0.227 e. The quantitative estimate of drug-likeness (QED) is 0.907. The zero-order chi connectivity index (χ0) is 16.3. The van der Waals surface area contributed by atoms with Gasteiger partial charge in [-0.2, -0.15) is 5.10 Å². The van der Waals surface area contributed by atoms with Crippen LogP contribution in [0.5, 0.6) is 0 Å². The number of amides is 1. The van der Waals surface area contributed by atoms with Crippen LogP contribution in [0.15, 0.2) is 36.7 Å². The van der Waals surface area contributed by atoms with Crippen LogP contribution in [0.2, 0.25) is 5.02 Å². The first-order chi connectivity index (χ1) is 10.3. The summed E-state index contributed by atoms with van der Waals surface area (Å²) in [7, 11) is 0. The Balaban J connectivity index is 1.95. The van der Waals surface area contributed by atoms with Gasteiger partial charge in [-0.05, 0) is 38.5 Å². The molecule has 0 fully saturated rings. The van der Waals surface area contributed by atoms with E-state index in [9.17, 15) is 9.90 Å². The van der Waals surface area contributed by atoms with Gasteiger partial charge in [0.25, 0.3) is 0 Å². The topological polar surface area (TPSA) is 67.2 Å². The van der Waals surface area contributed by atoms with Crippen molar-refractivity contribution >= 4 is 23.2 Å². The van der Waals surface area contributed by atoms with Gasteiger partial charge in [0, 0.05) is 11.2 Å². The predicted molar refractivity (Wildman–Crippen MR) is 86.9 cm³/mol. The van der Waals surface area contributed by atoms with Crippen LogP contribution in [0, 0.1) is 0 Å². The van der Waals surface area contributed by atoms with Crippen molar-refractivity contribution in [1.82, 2.24) is 9.78 Å². The second-order valence-electron chi connectivity index (χ2n) is 6.16. The highest BCUT2D eigenvalue weighted by molar-refractivity contribution is 6.30. The molecule has 5 nitrogen and oxygen atoms in total. The van der Waals surface area contributed by atoms with E-state index in [1.807, 2.05) is 20.8 Å². The Labute approximate surface area is 134 Å². The van der Waals surface area contributed by atoms with Crippen molar-refractivity contribution in [3.05, 3.63) is 47.2 Å². The van der Waals surface area contributed by atoms with E-state index in [0.717, 1.165) is 0 Å². The van der Waals surface area contributed by atoms with Gasteiger partial charge >= 0.3 is 0 Å². The van der Waals surface area contributed by atoms with Crippen LogP contribution in [0.3, 0.4) is 0 Å². The highest BCUT2D eigenvalue weighted by atomic mass is 35.5. The van der Waals surface area contributed by atoms with Crippen molar-refractivity contribution in [2.24, 2.45) is 0 Å². The van der Waals surface area contributed by atoms with Crippen molar-refractivity contribution in [2.75, 3.05) is 5.32 Å². The van der Waals surface area contributed by atoms with Crippen LogP contribution in [0.4, 0.5) is 5.69 Å². The summed E-state index contributed by atoms with van der Waals surface area (Å²) in [5, 5.41) is 17.6. The molecule has 6 heteroatoms. The Morgan fingerprint density at radius 3 is 2.55 bits per heavy atom. The summed E-state index contributed by atoms with van der Waals surface area (Å²) in [4.78, 5) is 12.0. The van der Waals surface area contributed by atoms with Crippen molar-refractivity contribution < 1.29 is 9.90 Å². The van der Waals surface area contributed by atoms with Crippen molar-refractivity contribution in [3.8, 4) is 0 Å². The van der Waals surface area contributed by atoms with E-state index in [-0.39, 0.29) is 17.9 Å². The van der Waals surface area contributed by atoms with Crippen LogP contribution < -0.4 is 5.32 Å². The molecule has 0 saturated heterocycles. The maximum absolute atomic E-state index is 12.0. The molecule has 0 bridgehead atoms. The molecule has 0 aliphatic carbocycles. The molecule has 118 valence electrons. The summed E-state index contributed by atoms with van der Waals surface area (Å²) in [6.45, 7) is 6.07. The van der Waals surface area contributed by atoms with E-state index in [0.29, 0.717) is 16.3 Å². The zero-order valence-corrected chi connectivity index (χ0v) is 13.6. The molecule has 0 radical (unpaired) electrons. The molecule has 1 amide bonds.